The Morgan fingerprint density at radius 3 is 2.53 bits per heavy atom. The van der Waals surface area contributed by atoms with Crippen LogP contribution >= 0.6 is 15.9 Å². The fourth-order valence-corrected chi connectivity index (χ4v) is 2.14. The highest BCUT2D eigenvalue weighted by molar-refractivity contribution is 9.10. The second-order valence-corrected chi connectivity index (χ2v) is 5.09. The predicted molar refractivity (Wildman–Crippen MR) is 73.1 cm³/mol. The summed E-state index contributed by atoms with van der Waals surface area (Å²) < 4.78 is 0.793. The van der Waals surface area contributed by atoms with Crippen LogP contribution in [-0.4, -0.2) is 10.1 Å². The summed E-state index contributed by atoms with van der Waals surface area (Å²) in [7, 11) is 0. The molecule has 0 fully saturated rings. The third kappa shape index (κ3) is 2.67. The molecule has 0 amide bonds. The lowest BCUT2D eigenvalue weighted by molar-refractivity contribution is 0.477. The van der Waals surface area contributed by atoms with Crippen molar-refractivity contribution < 1.29 is 5.11 Å². The van der Waals surface area contributed by atoms with Crippen molar-refractivity contribution in [2.24, 2.45) is 0 Å². The molecule has 17 heavy (non-hydrogen) atoms. The van der Waals surface area contributed by atoms with Crippen LogP contribution in [0.25, 0.3) is 11.1 Å². The van der Waals surface area contributed by atoms with Gasteiger partial charge in [-0.2, -0.15) is 0 Å². The highest BCUT2D eigenvalue weighted by Gasteiger charge is 2.08. The van der Waals surface area contributed by atoms with E-state index in [2.05, 4.69) is 34.8 Å². The van der Waals surface area contributed by atoms with Gasteiger partial charge in [0.1, 0.15) is 10.4 Å². The molecule has 3 heteroatoms. The Labute approximate surface area is 109 Å². The number of halogens is 1. The standard InChI is InChI=1S/C14H14BrNO/c1-9(2)12-7-10(8-14(15)16-12)11-5-3-4-6-13(11)17/h3-9,17H,1-2H3. The molecule has 2 aromatic rings. The summed E-state index contributed by atoms with van der Waals surface area (Å²) in [6, 6.07) is 11.3. The van der Waals surface area contributed by atoms with E-state index in [4.69, 9.17) is 0 Å². The van der Waals surface area contributed by atoms with Gasteiger partial charge in [0.2, 0.25) is 0 Å². The molecule has 0 radical (unpaired) electrons. The van der Waals surface area contributed by atoms with E-state index in [1.807, 2.05) is 30.3 Å². The van der Waals surface area contributed by atoms with Crippen LogP contribution in [0.1, 0.15) is 25.5 Å². The average Bonchev–Trinajstić information content (AvgIpc) is 2.28. The predicted octanol–water partition coefficient (Wildman–Crippen LogP) is 4.34. The third-order valence-electron chi connectivity index (χ3n) is 2.62. The summed E-state index contributed by atoms with van der Waals surface area (Å²) in [5.74, 6) is 0.650. The zero-order chi connectivity index (χ0) is 12.4. The first-order chi connectivity index (χ1) is 8.08. The van der Waals surface area contributed by atoms with E-state index < -0.39 is 0 Å². The lowest BCUT2D eigenvalue weighted by Crippen LogP contribution is -1.94. The van der Waals surface area contributed by atoms with Gasteiger partial charge in [0.25, 0.3) is 0 Å². The number of nitrogens with zero attached hydrogens (tertiary/aromatic N) is 1. The molecule has 0 aliphatic rings. The SMILES string of the molecule is CC(C)c1cc(-c2ccccc2O)cc(Br)n1. The fraction of sp³-hybridized carbons (Fsp3) is 0.214. The number of rotatable bonds is 2. The van der Waals surface area contributed by atoms with Gasteiger partial charge in [0, 0.05) is 11.3 Å². The number of para-hydroxylation sites is 1. The molecule has 0 saturated carbocycles. The van der Waals surface area contributed by atoms with E-state index in [0.717, 1.165) is 21.4 Å². The van der Waals surface area contributed by atoms with Crippen LogP contribution in [0.3, 0.4) is 0 Å². The van der Waals surface area contributed by atoms with Gasteiger partial charge in [0.05, 0.1) is 0 Å². The minimum atomic E-state index is 0.292. The Bertz CT molecular complexity index is 537. The van der Waals surface area contributed by atoms with Gasteiger partial charge in [-0.25, -0.2) is 4.98 Å². The van der Waals surface area contributed by atoms with E-state index in [9.17, 15) is 5.11 Å². The molecule has 1 aromatic carbocycles. The monoisotopic (exact) mass is 291 g/mol. The Morgan fingerprint density at radius 1 is 1.18 bits per heavy atom. The first kappa shape index (κ1) is 12.1. The molecule has 0 unspecified atom stereocenters. The highest BCUT2D eigenvalue weighted by atomic mass is 79.9. The normalized spacial score (nSPS) is 10.8. The molecule has 1 aromatic heterocycles. The first-order valence-corrected chi connectivity index (χ1v) is 6.33. The van der Waals surface area contributed by atoms with Crippen molar-refractivity contribution in [3.05, 3.63) is 46.7 Å². The summed E-state index contributed by atoms with van der Waals surface area (Å²) in [5.41, 5.74) is 2.82. The topological polar surface area (TPSA) is 33.1 Å². The van der Waals surface area contributed by atoms with Crippen LogP contribution in [-0.2, 0) is 0 Å². The van der Waals surface area contributed by atoms with Gasteiger partial charge < -0.3 is 5.11 Å². The maximum Gasteiger partial charge on any atom is 0.123 e. The van der Waals surface area contributed by atoms with Gasteiger partial charge >= 0.3 is 0 Å². The number of pyridine rings is 1. The molecular weight excluding hydrogens is 278 g/mol. The molecule has 2 nitrogen and oxygen atoms in total. The van der Waals surface area contributed by atoms with E-state index in [1.165, 1.54) is 0 Å². The maximum atomic E-state index is 9.85. The number of phenolic OH excluding ortho intramolecular Hbond substituents is 1. The van der Waals surface area contributed by atoms with Crippen molar-refractivity contribution >= 4 is 15.9 Å². The number of hydrogen-bond donors (Lipinski definition) is 1. The van der Waals surface area contributed by atoms with Crippen LogP contribution in [0.15, 0.2) is 41.0 Å². The largest absolute Gasteiger partial charge is 0.507 e. The van der Waals surface area contributed by atoms with Gasteiger partial charge in [-0.1, -0.05) is 32.0 Å². The number of hydrogen-bond acceptors (Lipinski definition) is 2. The zero-order valence-corrected chi connectivity index (χ0v) is 11.4. The molecule has 88 valence electrons. The zero-order valence-electron chi connectivity index (χ0n) is 9.81. The van der Waals surface area contributed by atoms with Crippen LogP contribution in [0.5, 0.6) is 5.75 Å². The third-order valence-corrected chi connectivity index (χ3v) is 3.03. The number of benzene rings is 1. The van der Waals surface area contributed by atoms with Crippen molar-refractivity contribution in [2.45, 2.75) is 19.8 Å². The van der Waals surface area contributed by atoms with Gasteiger partial charge in [-0.15, -0.1) is 0 Å². The summed E-state index contributed by atoms with van der Waals surface area (Å²) in [6.07, 6.45) is 0. The molecule has 2 rings (SSSR count). The summed E-state index contributed by atoms with van der Waals surface area (Å²) in [6.45, 7) is 4.20. The molecule has 1 N–H and O–H groups in total. The summed E-state index contributed by atoms with van der Waals surface area (Å²) in [5, 5.41) is 9.85. The molecule has 0 aliphatic heterocycles. The fourth-order valence-electron chi connectivity index (χ4n) is 1.69. The van der Waals surface area contributed by atoms with Crippen LogP contribution in [0, 0.1) is 0 Å². The minimum Gasteiger partial charge on any atom is -0.507 e. The van der Waals surface area contributed by atoms with Gasteiger partial charge in [-0.05, 0) is 45.6 Å². The second-order valence-electron chi connectivity index (χ2n) is 4.28. The molecule has 0 saturated heterocycles. The van der Waals surface area contributed by atoms with Crippen LogP contribution in [0.4, 0.5) is 0 Å². The number of phenols is 1. The Morgan fingerprint density at radius 2 is 1.88 bits per heavy atom. The minimum absolute atomic E-state index is 0.292. The quantitative estimate of drug-likeness (QED) is 0.835. The number of aromatic hydroxyl groups is 1. The van der Waals surface area contributed by atoms with E-state index >= 15 is 0 Å². The summed E-state index contributed by atoms with van der Waals surface area (Å²) >= 11 is 3.41. The Hall–Kier alpha value is -1.35. The lowest BCUT2D eigenvalue weighted by Gasteiger charge is -2.10. The van der Waals surface area contributed by atoms with Crippen molar-refractivity contribution in [3.63, 3.8) is 0 Å². The van der Waals surface area contributed by atoms with Crippen molar-refractivity contribution in [2.75, 3.05) is 0 Å². The Balaban J connectivity index is 2.56. The molecule has 0 bridgehead atoms. The van der Waals surface area contributed by atoms with Crippen LogP contribution < -0.4 is 0 Å². The molecule has 1 heterocycles. The highest BCUT2D eigenvalue weighted by Crippen LogP contribution is 2.31. The van der Waals surface area contributed by atoms with E-state index in [0.29, 0.717) is 11.7 Å². The smallest absolute Gasteiger partial charge is 0.123 e. The van der Waals surface area contributed by atoms with E-state index in [1.54, 1.807) is 6.07 Å². The van der Waals surface area contributed by atoms with Gasteiger partial charge in [-0.3, -0.25) is 0 Å². The first-order valence-electron chi connectivity index (χ1n) is 5.54. The number of aromatic nitrogens is 1. The molecule has 0 spiro atoms. The van der Waals surface area contributed by atoms with Crippen molar-refractivity contribution in [3.8, 4) is 16.9 Å². The molecule has 0 atom stereocenters. The van der Waals surface area contributed by atoms with Crippen molar-refractivity contribution in [1.82, 2.24) is 4.98 Å². The summed E-state index contributed by atoms with van der Waals surface area (Å²) in [4.78, 5) is 4.42. The second kappa shape index (κ2) is 4.88. The average molecular weight is 292 g/mol. The van der Waals surface area contributed by atoms with Crippen LogP contribution in [0.2, 0.25) is 0 Å². The van der Waals surface area contributed by atoms with E-state index in [-0.39, 0.29) is 0 Å². The Kier molecular flexibility index (Phi) is 3.48. The van der Waals surface area contributed by atoms with Crippen molar-refractivity contribution in [1.29, 1.82) is 0 Å². The molecular formula is C14H14BrNO. The maximum absolute atomic E-state index is 9.85. The lowest BCUT2D eigenvalue weighted by atomic mass is 10.0. The molecule has 0 aliphatic carbocycles. The van der Waals surface area contributed by atoms with Gasteiger partial charge in [0.15, 0.2) is 0 Å².